The zero-order valence-corrected chi connectivity index (χ0v) is 17.1. The van der Waals surface area contributed by atoms with Crippen LogP contribution in [0.5, 0.6) is 5.75 Å². The van der Waals surface area contributed by atoms with Gasteiger partial charge in [-0.2, -0.15) is 0 Å². The molecule has 4 rings (SSSR count). The first-order valence-corrected chi connectivity index (χ1v) is 10.3. The van der Waals surface area contributed by atoms with Gasteiger partial charge in [0.2, 0.25) is 0 Å². The number of aliphatic imine (C=N–C) groups is 1. The minimum atomic E-state index is -0.828. The number of carboxylic acid groups (broad SMARTS) is 1. The molecule has 158 valence electrons. The molecule has 1 atom stereocenters. The maximum absolute atomic E-state index is 11.5. The number of carboxylic acids is 1. The van der Waals surface area contributed by atoms with Crippen LogP contribution in [0.3, 0.4) is 0 Å². The number of hydrogen-bond acceptors (Lipinski definition) is 5. The number of carbonyl (C=O) groups is 1. The van der Waals surface area contributed by atoms with Crippen LogP contribution in [0.2, 0.25) is 0 Å². The Morgan fingerprint density at radius 3 is 2.61 bits per heavy atom. The fourth-order valence-corrected chi connectivity index (χ4v) is 3.63. The number of rotatable bonds is 8. The molecule has 0 fully saturated rings. The molecule has 3 aromatic rings. The second-order valence-electron chi connectivity index (χ2n) is 7.40. The maximum Gasteiger partial charge on any atom is 0.304 e. The molecule has 31 heavy (non-hydrogen) atoms. The van der Waals surface area contributed by atoms with Crippen molar-refractivity contribution in [2.24, 2.45) is 4.99 Å². The summed E-state index contributed by atoms with van der Waals surface area (Å²) in [5, 5.41) is 15.9. The Morgan fingerprint density at radius 2 is 1.84 bits per heavy atom. The van der Waals surface area contributed by atoms with Gasteiger partial charge in [-0.05, 0) is 41.0 Å². The SMILES string of the molecule is O=C(O)CC(c1ccccc1)c1cccc(OCc2cccc(NC3=NCCN3)c2)c1. The molecule has 3 N–H and O–H groups in total. The molecule has 1 unspecified atom stereocenters. The molecule has 1 aliphatic heterocycles. The topological polar surface area (TPSA) is 83.0 Å². The maximum atomic E-state index is 11.5. The number of anilines is 1. The van der Waals surface area contributed by atoms with Crippen LogP contribution in [0.25, 0.3) is 0 Å². The number of guanidine groups is 1. The van der Waals surface area contributed by atoms with Crippen molar-refractivity contribution >= 4 is 17.6 Å². The van der Waals surface area contributed by atoms with E-state index in [-0.39, 0.29) is 12.3 Å². The second kappa shape index (κ2) is 9.80. The third-order valence-electron chi connectivity index (χ3n) is 5.11. The Balaban J connectivity index is 1.46. The van der Waals surface area contributed by atoms with Gasteiger partial charge in [0.15, 0.2) is 5.96 Å². The van der Waals surface area contributed by atoms with Gasteiger partial charge in [0.1, 0.15) is 12.4 Å². The van der Waals surface area contributed by atoms with Crippen LogP contribution in [0.4, 0.5) is 5.69 Å². The van der Waals surface area contributed by atoms with Crippen molar-refractivity contribution < 1.29 is 14.6 Å². The Bertz CT molecular complexity index is 1070. The van der Waals surface area contributed by atoms with Crippen molar-refractivity contribution in [3.8, 4) is 5.75 Å². The van der Waals surface area contributed by atoms with Crippen molar-refractivity contribution in [1.82, 2.24) is 5.32 Å². The van der Waals surface area contributed by atoms with E-state index in [0.29, 0.717) is 12.4 Å². The van der Waals surface area contributed by atoms with Crippen molar-refractivity contribution in [2.75, 3.05) is 18.4 Å². The third-order valence-corrected chi connectivity index (χ3v) is 5.11. The lowest BCUT2D eigenvalue weighted by molar-refractivity contribution is -0.137. The molecule has 0 radical (unpaired) electrons. The highest BCUT2D eigenvalue weighted by atomic mass is 16.5. The van der Waals surface area contributed by atoms with Gasteiger partial charge in [0.05, 0.1) is 13.0 Å². The van der Waals surface area contributed by atoms with Gasteiger partial charge in [0, 0.05) is 18.2 Å². The number of aliphatic carboxylic acids is 1. The van der Waals surface area contributed by atoms with E-state index in [1.54, 1.807) is 0 Å². The van der Waals surface area contributed by atoms with Crippen LogP contribution < -0.4 is 15.4 Å². The first-order valence-electron chi connectivity index (χ1n) is 10.3. The van der Waals surface area contributed by atoms with Crippen LogP contribution in [0.1, 0.15) is 29.0 Å². The minimum absolute atomic E-state index is 0.0269. The Hall–Kier alpha value is -3.80. The Labute approximate surface area is 181 Å². The zero-order chi connectivity index (χ0) is 21.5. The number of hydrogen-bond donors (Lipinski definition) is 3. The molecular formula is C25H25N3O3. The molecule has 1 aliphatic rings. The molecule has 1 heterocycles. The summed E-state index contributed by atoms with van der Waals surface area (Å²) < 4.78 is 6.03. The second-order valence-corrected chi connectivity index (χ2v) is 7.40. The van der Waals surface area contributed by atoms with Crippen molar-refractivity contribution in [1.29, 1.82) is 0 Å². The molecule has 0 aromatic heterocycles. The van der Waals surface area contributed by atoms with E-state index in [9.17, 15) is 9.90 Å². The lowest BCUT2D eigenvalue weighted by Gasteiger charge is -2.17. The predicted octanol–water partition coefficient (Wildman–Crippen LogP) is 4.24. The standard InChI is InChI=1S/C25H25N3O3/c29-24(30)16-23(19-7-2-1-3-8-19)20-9-5-11-22(15-20)31-17-18-6-4-10-21(14-18)28-25-26-12-13-27-25/h1-11,14-15,23H,12-13,16-17H2,(H,29,30)(H2,26,27,28). The highest BCUT2D eigenvalue weighted by molar-refractivity contribution is 5.94. The zero-order valence-electron chi connectivity index (χ0n) is 17.1. The lowest BCUT2D eigenvalue weighted by atomic mass is 9.88. The molecule has 0 amide bonds. The molecule has 0 bridgehead atoms. The summed E-state index contributed by atoms with van der Waals surface area (Å²) in [5.74, 6) is 0.445. The largest absolute Gasteiger partial charge is 0.489 e. The van der Waals surface area contributed by atoms with Crippen molar-refractivity contribution in [2.45, 2.75) is 18.9 Å². The van der Waals surface area contributed by atoms with E-state index in [1.165, 1.54) is 0 Å². The third kappa shape index (κ3) is 5.63. The van der Waals surface area contributed by atoms with Crippen LogP contribution in [0, 0.1) is 0 Å². The molecule has 0 saturated heterocycles. The smallest absolute Gasteiger partial charge is 0.304 e. The number of nitrogens with zero attached hydrogens (tertiary/aromatic N) is 1. The van der Waals surface area contributed by atoms with E-state index in [0.717, 1.165) is 41.4 Å². The summed E-state index contributed by atoms with van der Waals surface area (Å²) in [6.45, 7) is 2.05. The summed E-state index contributed by atoms with van der Waals surface area (Å²) >= 11 is 0. The van der Waals surface area contributed by atoms with Gasteiger partial charge >= 0.3 is 5.97 Å². The van der Waals surface area contributed by atoms with Gasteiger partial charge in [-0.1, -0.05) is 54.6 Å². The summed E-state index contributed by atoms with van der Waals surface area (Å²) in [6, 6.07) is 25.4. The van der Waals surface area contributed by atoms with E-state index >= 15 is 0 Å². The van der Waals surface area contributed by atoms with Gasteiger partial charge in [-0.3, -0.25) is 9.79 Å². The van der Waals surface area contributed by atoms with E-state index in [2.05, 4.69) is 15.6 Å². The monoisotopic (exact) mass is 415 g/mol. The first-order chi connectivity index (χ1) is 15.2. The average molecular weight is 415 g/mol. The Kier molecular flexibility index (Phi) is 6.47. The van der Waals surface area contributed by atoms with Crippen LogP contribution >= 0.6 is 0 Å². The van der Waals surface area contributed by atoms with Gasteiger partial charge in [-0.15, -0.1) is 0 Å². The summed E-state index contributed by atoms with van der Waals surface area (Å²) in [4.78, 5) is 15.8. The summed E-state index contributed by atoms with van der Waals surface area (Å²) in [5.41, 5.74) is 3.88. The number of ether oxygens (including phenoxy) is 1. The molecular weight excluding hydrogens is 390 g/mol. The predicted molar refractivity (Wildman–Crippen MR) is 122 cm³/mol. The highest BCUT2D eigenvalue weighted by Gasteiger charge is 2.18. The summed E-state index contributed by atoms with van der Waals surface area (Å²) in [7, 11) is 0. The molecule has 6 nitrogen and oxygen atoms in total. The molecule has 0 spiro atoms. The highest BCUT2D eigenvalue weighted by Crippen LogP contribution is 2.30. The first kappa shape index (κ1) is 20.5. The number of benzene rings is 3. The fourth-order valence-electron chi connectivity index (χ4n) is 3.63. The molecule has 3 aromatic carbocycles. The molecule has 0 aliphatic carbocycles. The van der Waals surface area contributed by atoms with Crippen LogP contribution in [-0.4, -0.2) is 30.1 Å². The van der Waals surface area contributed by atoms with Crippen molar-refractivity contribution in [3.63, 3.8) is 0 Å². The number of nitrogens with one attached hydrogen (secondary N) is 2. The van der Waals surface area contributed by atoms with Gasteiger partial charge < -0.3 is 20.5 Å². The van der Waals surface area contributed by atoms with Crippen LogP contribution in [-0.2, 0) is 11.4 Å². The van der Waals surface area contributed by atoms with E-state index in [1.807, 2.05) is 78.9 Å². The van der Waals surface area contributed by atoms with E-state index < -0.39 is 5.97 Å². The minimum Gasteiger partial charge on any atom is -0.489 e. The lowest BCUT2D eigenvalue weighted by Crippen LogP contribution is -2.26. The van der Waals surface area contributed by atoms with Crippen molar-refractivity contribution in [3.05, 3.63) is 95.6 Å². The average Bonchev–Trinajstić information content (AvgIpc) is 3.30. The van der Waals surface area contributed by atoms with E-state index in [4.69, 9.17) is 4.74 Å². The molecule has 0 saturated carbocycles. The van der Waals surface area contributed by atoms with Gasteiger partial charge in [0.25, 0.3) is 0 Å². The Morgan fingerprint density at radius 1 is 1.03 bits per heavy atom. The summed E-state index contributed by atoms with van der Waals surface area (Å²) in [6.07, 6.45) is 0.0269. The molecule has 6 heteroatoms. The normalized spacial score (nSPS) is 13.7. The van der Waals surface area contributed by atoms with Gasteiger partial charge in [-0.25, -0.2) is 0 Å². The van der Waals surface area contributed by atoms with Crippen LogP contribution in [0.15, 0.2) is 83.9 Å². The quantitative estimate of drug-likeness (QED) is 0.513. The fraction of sp³-hybridized carbons (Fsp3) is 0.200.